The number of benzene rings is 2. The molecule has 2 amide bonds. The zero-order valence-corrected chi connectivity index (χ0v) is 23.9. The second-order valence-corrected chi connectivity index (χ2v) is 12.4. The number of nitrogens with zero attached hydrogens (tertiary/aromatic N) is 2. The summed E-state index contributed by atoms with van der Waals surface area (Å²) in [5.41, 5.74) is 1.47. The Hall–Kier alpha value is -3.79. The van der Waals surface area contributed by atoms with Gasteiger partial charge in [-0.15, -0.1) is 5.92 Å². The van der Waals surface area contributed by atoms with Gasteiger partial charge >= 0.3 is 6.09 Å². The summed E-state index contributed by atoms with van der Waals surface area (Å²) in [6.45, 7) is 8.05. The summed E-state index contributed by atoms with van der Waals surface area (Å²) in [6, 6.07) is 10.2. The molecule has 40 heavy (non-hydrogen) atoms. The van der Waals surface area contributed by atoms with Crippen LogP contribution in [0.2, 0.25) is 0 Å². The number of sulfonamides is 1. The Labute approximate surface area is 234 Å². The van der Waals surface area contributed by atoms with Crippen LogP contribution in [0.5, 0.6) is 11.5 Å². The quantitative estimate of drug-likeness (QED) is 0.235. The topological polar surface area (TPSA) is 146 Å². The summed E-state index contributed by atoms with van der Waals surface area (Å²) < 4.78 is 39.2. The minimum atomic E-state index is -4.16. The van der Waals surface area contributed by atoms with Crippen LogP contribution in [0, 0.1) is 17.3 Å². The molecule has 11 nitrogen and oxygen atoms in total. The smallest absolute Gasteiger partial charge is 0.407 e. The standard InChI is InChI=1S/C28H35N3O8S/c1-6-7-18-38-20-12-14-22(15-13-20)40(36,37)30(5)24(26(32)29-35)19-8-10-21(11-9-19)39-23-16-17-31(27(33)34)25(23)28(2,3)4/h8-15,23-25,35H,16-18H2,1-5H3,(H,29,32)(H,33,34)/t23-,24+,25?/m0/s1. The van der Waals surface area contributed by atoms with Crippen LogP contribution < -0.4 is 15.0 Å². The molecule has 0 spiro atoms. The minimum Gasteiger partial charge on any atom is -0.488 e. The molecule has 1 saturated heterocycles. The fraction of sp³-hybridized carbons (Fsp3) is 0.429. The van der Waals surface area contributed by atoms with Crippen molar-refractivity contribution in [2.75, 3.05) is 20.2 Å². The number of ether oxygens (including phenoxy) is 2. The Kier molecular flexibility index (Phi) is 9.68. The summed E-state index contributed by atoms with van der Waals surface area (Å²) in [5.74, 6) is 5.38. The number of carbonyl (C=O) groups is 2. The summed E-state index contributed by atoms with van der Waals surface area (Å²) >= 11 is 0. The molecule has 3 N–H and O–H groups in total. The van der Waals surface area contributed by atoms with E-state index in [1.54, 1.807) is 24.5 Å². The van der Waals surface area contributed by atoms with Crippen LogP contribution in [-0.4, -0.2) is 72.3 Å². The molecular weight excluding hydrogens is 538 g/mol. The lowest BCUT2D eigenvalue weighted by atomic mass is 9.84. The third-order valence-electron chi connectivity index (χ3n) is 6.67. The number of carboxylic acid groups (broad SMARTS) is 1. The first-order chi connectivity index (χ1) is 18.8. The van der Waals surface area contributed by atoms with Gasteiger partial charge in [0.1, 0.15) is 30.3 Å². The first kappa shape index (κ1) is 30.7. The molecule has 3 atom stereocenters. The van der Waals surface area contributed by atoms with Crippen LogP contribution in [0.25, 0.3) is 0 Å². The number of rotatable bonds is 9. The molecule has 216 valence electrons. The monoisotopic (exact) mass is 573 g/mol. The highest BCUT2D eigenvalue weighted by Crippen LogP contribution is 2.36. The van der Waals surface area contributed by atoms with Crippen molar-refractivity contribution in [3.63, 3.8) is 0 Å². The van der Waals surface area contributed by atoms with E-state index in [4.69, 9.17) is 9.47 Å². The molecule has 0 radical (unpaired) electrons. The number of likely N-dealkylation sites (tertiary alicyclic amines) is 1. The van der Waals surface area contributed by atoms with E-state index in [9.17, 15) is 28.3 Å². The van der Waals surface area contributed by atoms with Crippen molar-refractivity contribution < 1.29 is 37.8 Å². The Bertz CT molecular complexity index is 1360. The van der Waals surface area contributed by atoms with E-state index in [-0.39, 0.29) is 34.6 Å². The van der Waals surface area contributed by atoms with Gasteiger partial charge in [-0.25, -0.2) is 18.7 Å². The number of hydrogen-bond donors (Lipinski definition) is 3. The summed E-state index contributed by atoms with van der Waals surface area (Å²) in [6.07, 6.45) is -0.874. The van der Waals surface area contributed by atoms with Gasteiger partial charge in [0, 0.05) is 20.0 Å². The van der Waals surface area contributed by atoms with Crippen LogP contribution >= 0.6 is 0 Å². The van der Waals surface area contributed by atoms with Crippen LogP contribution in [0.4, 0.5) is 4.79 Å². The number of likely N-dealkylation sites (N-methyl/N-ethyl adjacent to an activating group) is 1. The maximum atomic E-state index is 13.4. The molecule has 0 bridgehead atoms. The molecular formula is C28H35N3O8S. The van der Waals surface area contributed by atoms with E-state index in [1.165, 1.54) is 48.3 Å². The van der Waals surface area contributed by atoms with Gasteiger partial charge in [0.25, 0.3) is 5.91 Å². The minimum absolute atomic E-state index is 0.0722. The van der Waals surface area contributed by atoms with Gasteiger partial charge < -0.3 is 19.5 Å². The second-order valence-electron chi connectivity index (χ2n) is 10.4. The third-order valence-corrected chi connectivity index (χ3v) is 8.51. The van der Waals surface area contributed by atoms with Crippen molar-refractivity contribution in [1.29, 1.82) is 0 Å². The Morgan fingerprint density at radius 2 is 1.73 bits per heavy atom. The van der Waals surface area contributed by atoms with E-state index in [2.05, 4.69) is 11.8 Å². The summed E-state index contributed by atoms with van der Waals surface area (Å²) in [5, 5.41) is 19.0. The van der Waals surface area contributed by atoms with Gasteiger partial charge in [-0.1, -0.05) is 38.8 Å². The molecule has 2 aromatic carbocycles. The molecule has 1 heterocycles. The molecule has 3 rings (SSSR count). The zero-order chi connectivity index (χ0) is 29.7. The molecule has 0 aromatic heterocycles. The van der Waals surface area contributed by atoms with E-state index >= 15 is 0 Å². The Morgan fingerprint density at radius 1 is 1.12 bits per heavy atom. The van der Waals surface area contributed by atoms with Gasteiger partial charge in [0.2, 0.25) is 10.0 Å². The van der Waals surface area contributed by atoms with Gasteiger partial charge in [0.05, 0.1) is 10.9 Å². The van der Waals surface area contributed by atoms with Gasteiger partial charge in [0.15, 0.2) is 0 Å². The van der Waals surface area contributed by atoms with Crippen LogP contribution in [-0.2, 0) is 14.8 Å². The average Bonchev–Trinajstić information content (AvgIpc) is 3.35. The third kappa shape index (κ3) is 6.85. The highest BCUT2D eigenvalue weighted by atomic mass is 32.2. The molecule has 12 heteroatoms. The lowest BCUT2D eigenvalue weighted by Crippen LogP contribution is -2.48. The van der Waals surface area contributed by atoms with Crippen molar-refractivity contribution >= 4 is 22.0 Å². The SMILES string of the molecule is CC#CCOc1ccc(S(=O)(=O)N(C)[C@@H](C(=O)NO)c2ccc(O[C@H]3CCN(C(=O)O)C3C(C)(C)C)cc2)cc1. The largest absolute Gasteiger partial charge is 0.488 e. The van der Waals surface area contributed by atoms with Crippen LogP contribution in [0.1, 0.15) is 45.7 Å². The highest BCUT2D eigenvalue weighted by molar-refractivity contribution is 7.89. The number of hydrogen-bond acceptors (Lipinski definition) is 7. The van der Waals surface area contributed by atoms with Crippen molar-refractivity contribution in [2.24, 2.45) is 5.41 Å². The Morgan fingerprint density at radius 3 is 2.25 bits per heavy atom. The van der Waals surface area contributed by atoms with E-state index in [0.29, 0.717) is 24.5 Å². The first-order valence-electron chi connectivity index (χ1n) is 12.6. The fourth-order valence-electron chi connectivity index (χ4n) is 4.82. The predicted molar refractivity (Wildman–Crippen MR) is 146 cm³/mol. The lowest BCUT2D eigenvalue weighted by molar-refractivity contribution is -0.133. The zero-order valence-electron chi connectivity index (χ0n) is 23.1. The fourth-order valence-corrected chi connectivity index (χ4v) is 6.13. The normalized spacial score (nSPS) is 18.0. The van der Waals surface area contributed by atoms with Gasteiger partial charge in [-0.05, 0) is 54.3 Å². The van der Waals surface area contributed by atoms with Gasteiger partial charge in [-0.3, -0.25) is 10.0 Å². The second kappa shape index (κ2) is 12.6. The van der Waals surface area contributed by atoms with E-state index in [0.717, 1.165) is 4.31 Å². The molecule has 1 fully saturated rings. The van der Waals surface area contributed by atoms with Crippen LogP contribution in [0.15, 0.2) is 53.4 Å². The lowest BCUT2D eigenvalue weighted by Gasteiger charge is -2.36. The first-order valence-corrected chi connectivity index (χ1v) is 14.1. The molecule has 0 saturated carbocycles. The highest BCUT2D eigenvalue weighted by Gasteiger charge is 2.45. The maximum absolute atomic E-state index is 13.4. The number of amides is 2. The number of hydroxylamine groups is 1. The maximum Gasteiger partial charge on any atom is 0.407 e. The Balaban J connectivity index is 1.82. The molecule has 1 unspecified atom stereocenters. The number of nitrogens with one attached hydrogen (secondary N) is 1. The molecule has 2 aromatic rings. The average molecular weight is 574 g/mol. The molecule has 0 aliphatic carbocycles. The summed E-state index contributed by atoms with van der Waals surface area (Å²) in [7, 11) is -2.92. The predicted octanol–water partition coefficient (Wildman–Crippen LogP) is 3.50. The van der Waals surface area contributed by atoms with Crippen molar-refractivity contribution in [3.05, 3.63) is 54.1 Å². The number of carbonyl (C=O) groups excluding carboxylic acids is 1. The van der Waals surface area contributed by atoms with Gasteiger partial charge in [-0.2, -0.15) is 4.31 Å². The molecule has 1 aliphatic heterocycles. The van der Waals surface area contributed by atoms with E-state index in [1.807, 2.05) is 20.8 Å². The van der Waals surface area contributed by atoms with Crippen molar-refractivity contribution in [3.8, 4) is 23.3 Å². The van der Waals surface area contributed by atoms with Crippen molar-refractivity contribution in [1.82, 2.24) is 14.7 Å². The summed E-state index contributed by atoms with van der Waals surface area (Å²) in [4.78, 5) is 25.7. The van der Waals surface area contributed by atoms with Crippen LogP contribution in [0.3, 0.4) is 0 Å². The van der Waals surface area contributed by atoms with Crippen molar-refractivity contribution in [2.45, 2.75) is 57.2 Å². The molecule has 1 aliphatic rings. The van der Waals surface area contributed by atoms with E-state index < -0.39 is 28.1 Å².